The molecule has 110 valence electrons. The highest BCUT2D eigenvalue weighted by Crippen LogP contribution is 2.33. The number of hydrogen-bond acceptors (Lipinski definition) is 4. The molecule has 1 aromatic heterocycles. The van der Waals surface area contributed by atoms with Crippen molar-refractivity contribution in [3.05, 3.63) is 58.4 Å². The van der Waals surface area contributed by atoms with Crippen LogP contribution in [0.4, 0.5) is 0 Å². The van der Waals surface area contributed by atoms with Gasteiger partial charge in [-0.15, -0.1) is 0 Å². The molecule has 1 atom stereocenters. The maximum absolute atomic E-state index is 6.20. The fourth-order valence-corrected chi connectivity index (χ4v) is 2.99. The lowest BCUT2D eigenvalue weighted by atomic mass is 9.99. The van der Waals surface area contributed by atoms with Crippen molar-refractivity contribution in [2.75, 3.05) is 6.61 Å². The van der Waals surface area contributed by atoms with Crippen LogP contribution in [-0.2, 0) is 19.3 Å². The summed E-state index contributed by atoms with van der Waals surface area (Å²) in [6.45, 7) is 0.726. The van der Waals surface area contributed by atoms with Crippen LogP contribution in [0.1, 0.15) is 16.8 Å². The van der Waals surface area contributed by atoms with Crippen molar-refractivity contribution in [3.8, 4) is 5.75 Å². The van der Waals surface area contributed by atoms with Crippen molar-refractivity contribution in [1.29, 1.82) is 0 Å². The van der Waals surface area contributed by atoms with Gasteiger partial charge in [0.2, 0.25) is 0 Å². The number of nitrogens with one attached hydrogen (secondary N) is 1. The molecule has 3 rings (SSSR count). The van der Waals surface area contributed by atoms with Crippen LogP contribution < -0.4 is 16.0 Å². The van der Waals surface area contributed by atoms with Gasteiger partial charge in [0.1, 0.15) is 5.75 Å². The zero-order valence-electron chi connectivity index (χ0n) is 11.7. The Morgan fingerprint density at radius 3 is 3.00 bits per heavy atom. The second-order valence-electron chi connectivity index (χ2n) is 5.24. The molecule has 1 aliphatic rings. The number of nitrogens with two attached hydrogens (primary N) is 1. The van der Waals surface area contributed by atoms with E-state index in [1.807, 2.05) is 30.3 Å². The van der Waals surface area contributed by atoms with Crippen molar-refractivity contribution < 1.29 is 4.74 Å². The zero-order valence-corrected chi connectivity index (χ0v) is 12.4. The average molecular weight is 304 g/mol. The first kappa shape index (κ1) is 14.3. The van der Waals surface area contributed by atoms with Gasteiger partial charge >= 0.3 is 0 Å². The number of hydrazine groups is 1. The largest absolute Gasteiger partial charge is 0.493 e. The molecule has 4 nitrogen and oxygen atoms in total. The third-order valence-electron chi connectivity index (χ3n) is 3.71. The van der Waals surface area contributed by atoms with E-state index in [2.05, 4.69) is 10.4 Å². The molecule has 2 aromatic rings. The van der Waals surface area contributed by atoms with Gasteiger partial charge in [0.05, 0.1) is 6.61 Å². The molecule has 0 amide bonds. The van der Waals surface area contributed by atoms with Gasteiger partial charge in [-0.1, -0.05) is 17.7 Å². The quantitative estimate of drug-likeness (QED) is 0.657. The predicted molar refractivity (Wildman–Crippen MR) is 83.4 cm³/mol. The fraction of sp³-hybridized carbons (Fsp3) is 0.312. The lowest BCUT2D eigenvalue weighted by molar-refractivity contribution is 0.351. The van der Waals surface area contributed by atoms with Crippen molar-refractivity contribution in [2.45, 2.75) is 25.3 Å². The topological polar surface area (TPSA) is 60.2 Å². The molecule has 0 spiro atoms. The Bertz CT molecular complexity index is 618. The van der Waals surface area contributed by atoms with E-state index in [4.69, 9.17) is 22.2 Å². The molecule has 21 heavy (non-hydrogen) atoms. The molecule has 0 aliphatic carbocycles. The number of pyridine rings is 1. The van der Waals surface area contributed by atoms with E-state index in [9.17, 15) is 0 Å². The summed E-state index contributed by atoms with van der Waals surface area (Å²) in [7, 11) is 0. The Balaban J connectivity index is 1.78. The lowest BCUT2D eigenvalue weighted by Gasteiger charge is -2.17. The summed E-state index contributed by atoms with van der Waals surface area (Å²) < 4.78 is 5.74. The van der Waals surface area contributed by atoms with Crippen LogP contribution in [0, 0.1) is 0 Å². The Labute approximate surface area is 129 Å². The van der Waals surface area contributed by atoms with E-state index in [1.165, 1.54) is 5.56 Å². The summed E-state index contributed by atoms with van der Waals surface area (Å²) in [5, 5.41) is 0.753. The minimum Gasteiger partial charge on any atom is -0.493 e. The average Bonchev–Trinajstić information content (AvgIpc) is 2.96. The Kier molecular flexibility index (Phi) is 4.39. The van der Waals surface area contributed by atoms with E-state index < -0.39 is 0 Å². The SMILES string of the molecule is NNC(Cc1ccccn1)Cc1cc(Cl)cc2c1OCC2. The summed E-state index contributed by atoms with van der Waals surface area (Å²) in [4.78, 5) is 4.35. The smallest absolute Gasteiger partial charge is 0.125 e. The predicted octanol–water partition coefficient (Wildman–Crippen LogP) is 2.29. The molecule has 1 unspecified atom stereocenters. The molecule has 0 saturated carbocycles. The molecule has 0 bridgehead atoms. The summed E-state index contributed by atoms with van der Waals surface area (Å²) in [6, 6.07) is 9.93. The second kappa shape index (κ2) is 6.43. The van der Waals surface area contributed by atoms with Gasteiger partial charge in [0, 0.05) is 35.8 Å². The normalized spacial score (nSPS) is 14.6. The maximum Gasteiger partial charge on any atom is 0.125 e. The molecule has 0 fully saturated rings. The first-order chi connectivity index (χ1) is 10.3. The monoisotopic (exact) mass is 303 g/mol. The van der Waals surface area contributed by atoms with Gasteiger partial charge in [-0.25, -0.2) is 0 Å². The second-order valence-corrected chi connectivity index (χ2v) is 5.68. The number of ether oxygens (including phenoxy) is 1. The minimum atomic E-state index is 0.0895. The van der Waals surface area contributed by atoms with E-state index in [-0.39, 0.29) is 6.04 Å². The van der Waals surface area contributed by atoms with E-state index in [1.54, 1.807) is 6.20 Å². The summed E-state index contributed by atoms with van der Waals surface area (Å²) >= 11 is 6.20. The summed E-state index contributed by atoms with van der Waals surface area (Å²) in [5.74, 6) is 6.67. The highest BCUT2D eigenvalue weighted by molar-refractivity contribution is 6.30. The first-order valence-corrected chi connectivity index (χ1v) is 7.44. The van der Waals surface area contributed by atoms with Crippen LogP contribution >= 0.6 is 11.6 Å². The number of nitrogens with zero attached hydrogens (tertiary/aromatic N) is 1. The third-order valence-corrected chi connectivity index (χ3v) is 3.93. The number of fused-ring (bicyclic) bond motifs is 1. The lowest BCUT2D eigenvalue weighted by Crippen LogP contribution is -2.38. The van der Waals surface area contributed by atoms with Crippen LogP contribution in [0.5, 0.6) is 5.75 Å². The van der Waals surface area contributed by atoms with Crippen LogP contribution in [-0.4, -0.2) is 17.6 Å². The molecule has 0 radical (unpaired) electrons. The van der Waals surface area contributed by atoms with Crippen LogP contribution in [0.2, 0.25) is 5.02 Å². The standard InChI is InChI=1S/C16H18ClN3O/c17-13-7-11-4-6-21-16(11)12(8-13)9-15(20-18)10-14-3-1-2-5-19-14/h1-3,5,7-8,15,20H,4,6,9-10,18H2. The summed E-state index contributed by atoms with van der Waals surface area (Å²) in [6.07, 6.45) is 4.24. The molecular weight excluding hydrogens is 286 g/mol. The zero-order chi connectivity index (χ0) is 14.7. The van der Waals surface area contributed by atoms with E-state index in [0.29, 0.717) is 0 Å². The molecule has 2 heterocycles. The highest BCUT2D eigenvalue weighted by atomic mass is 35.5. The number of rotatable bonds is 5. The van der Waals surface area contributed by atoms with Crippen molar-refractivity contribution in [2.24, 2.45) is 5.84 Å². The number of hydrogen-bond donors (Lipinski definition) is 2. The molecule has 0 saturated heterocycles. The molecule has 1 aliphatic heterocycles. The van der Waals surface area contributed by atoms with Crippen molar-refractivity contribution >= 4 is 11.6 Å². The number of halogens is 1. The van der Waals surface area contributed by atoms with Gasteiger partial charge < -0.3 is 4.74 Å². The van der Waals surface area contributed by atoms with E-state index >= 15 is 0 Å². The molecular formula is C16H18ClN3O. The third kappa shape index (κ3) is 3.35. The van der Waals surface area contributed by atoms with Crippen LogP contribution in [0.25, 0.3) is 0 Å². The number of benzene rings is 1. The highest BCUT2D eigenvalue weighted by Gasteiger charge is 2.20. The maximum atomic E-state index is 6.20. The van der Waals surface area contributed by atoms with Gasteiger partial charge in [-0.05, 0) is 41.8 Å². The van der Waals surface area contributed by atoms with Gasteiger partial charge in [0.25, 0.3) is 0 Å². The summed E-state index contributed by atoms with van der Waals surface area (Å²) in [5.41, 5.74) is 6.18. The van der Waals surface area contributed by atoms with Crippen molar-refractivity contribution in [3.63, 3.8) is 0 Å². The Morgan fingerprint density at radius 2 is 2.24 bits per heavy atom. The fourth-order valence-electron chi connectivity index (χ4n) is 2.72. The Hall–Kier alpha value is -1.62. The van der Waals surface area contributed by atoms with Crippen LogP contribution in [0.15, 0.2) is 36.5 Å². The van der Waals surface area contributed by atoms with Crippen molar-refractivity contribution in [1.82, 2.24) is 10.4 Å². The van der Waals surface area contributed by atoms with Gasteiger partial charge in [-0.3, -0.25) is 16.3 Å². The van der Waals surface area contributed by atoms with Crippen LogP contribution in [0.3, 0.4) is 0 Å². The first-order valence-electron chi connectivity index (χ1n) is 7.06. The molecule has 5 heteroatoms. The Morgan fingerprint density at radius 1 is 1.33 bits per heavy atom. The molecule has 3 N–H and O–H groups in total. The van der Waals surface area contributed by atoms with Gasteiger partial charge in [-0.2, -0.15) is 0 Å². The number of aromatic nitrogens is 1. The van der Waals surface area contributed by atoms with Gasteiger partial charge in [0.15, 0.2) is 0 Å². The minimum absolute atomic E-state index is 0.0895. The molecule has 1 aromatic carbocycles. The van der Waals surface area contributed by atoms with E-state index in [0.717, 1.165) is 47.9 Å².